The van der Waals surface area contributed by atoms with Crippen LogP contribution < -0.4 is 0 Å². The van der Waals surface area contributed by atoms with Crippen molar-refractivity contribution in [3.8, 4) is 0 Å². The van der Waals surface area contributed by atoms with Gasteiger partial charge in [-0.1, -0.05) is 27.7 Å². The first-order valence-electron chi connectivity index (χ1n) is 27.4. The number of hydrogen-bond donors (Lipinski definition) is 15. The molecule has 5 heterocycles. The molecular formula is C51H86O24. The minimum absolute atomic E-state index is 0.0147. The van der Waals surface area contributed by atoms with Gasteiger partial charge in [-0.25, -0.2) is 0 Å². The summed E-state index contributed by atoms with van der Waals surface area (Å²) in [5.74, 6) is 0.198. The zero-order valence-corrected chi connectivity index (χ0v) is 43.2. The summed E-state index contributed by atoms with van der Waals surface area (Å²) >= 11 is 0. The van der Waals surface area contributed by atoms with E-state index in [2.05, 4.69) is 20.8 Å². The van der Waals surface area contributed by atoms with Gasteiger partial charge in [-0.05, 0) is 104 Å². The average Bonchev–Trinajstić information content (AvgIpc) is 3.83. The quantitative estimate of drug-likeness (QED) is 0.0656. The van der Waals surface area contributed by atoms with Gasteiger partial charge < -0.3 is 119 Å². The van der Waals surface area contributed by atoms with Crippen molar-refractivity contribution in [2.45, 2.75) is 233 Å². The molecule has 0 radical (unpaired) electrons. The fraction of sp³-hybridized carbons (Fsp3) is 1.00. The second-order valence-electron chi connectivity index (χ2n) is 24.3. The van der Waals surface area contributed by atoms with Crippen LogP contribution in [-0.2, 0) is 42.6 Å². The van der Waals surface area contributed by atoms with E-state index in [1.807, 2.05) is 6.92 Å². The third-order valence-corrected chi connectivity index (χ3v) is 20.1. The summed E-state index contributed by atoms with van der Waals surface area (Å²) < 4.78 is 53.7. The zero-order valence-electron chi connectivity index (χ0n) is 43.2. The molecule has 5 aliphatic heterocycles. The third-order valence-electron chi connectivity index (χ3n) is 20.1. The highest BCUT2D eigenvalue weighted by molar-refractivity contribution is 5.15. The number of rotatable bonds is 16. The van der Waals surface area contributed by atoms with Crippen LogP contribution in [0.1, 0.15) is 91.9 Å². The normalized spacial score (nSPS) is 55.4. The Kier molecular flexibility index (Phi) is 18.1. The Morgan fingerprint density at radius 2 is 1.05 bits per heavy atom. The summed E-state index contributed by atoms with van der Waals surface area (Å²) in [7, 11) is 0. The molecular weight excluding hydrogens is 997 g/mol. The molecule has 1 unspecified atom stereocenters. The van der Waals surface area contributed by atoms with Crippen molar-refractivity contribution in [2.24, 2.45) is 52.3 Å². The fourth-order valence-corrected chi connectivity index (χ4v) is 15.6. The molecule has 4 aliphatic carbocycles. The number of ether oxygens (including phenoxy) is 9. The van der Waals surface area contributed by atoms with Gasteiger partial charge >= 0.3 is 0 Å². The van der Waals surface area contributed by atoms with Gasteiger partial charge in [0.15, 0.2) is 30.9 Å². The lowest BCUT2D eigenvalue weighted by atomic mass is 9.44. The Bertz CT molecular complexity index is 1870. The van der Waals surface area contributed by atoms with E-state index in [0.717, 1.165) is 38.5 Å². The van der Waals surface area contributed by atoms with E-state index in [9.17, 15) is 76.6 Å². The first-order chi connectivity index (χ1) is 35.5. The van der Waals surface area contributed by atoms with Gasteiger partial charge in [0.1, 0.15) is 97.7 Å². The Labute approximate surface area is 436 Å². The van der Waals surface area contributed by atoms with Crippen LogP contribution in [0.25, 0.3) is 0 Å². The fourth-order valence-electron chi connectivity index (χ4n) is 15.6. The van der Waals surface area contributed by atoms with Crippen LogP contribution in [0.4, 0.5) is 0 Å². The smallest absolute Gasteiger partial charge is 0.187 e. The van der Waals surface area contributed by atoms with Gasteiger partial charge in [-0.2, -0.15) is 0 Å². The maximum absolute atomic E-state index is 12.1. The molecule has 434 valence electrons. The van der Waals surface area contributed by atoms with Crippen molar-refractivity contribution in [1.82, 2.24) is 0 Å². The second-order valence-corrected chi connectivity index (χ2v) is 24.3. The summed E-state index contributed by atoms with van der Waals surface area (Å²) in [6, 6.07) is 0. The molecule has 15 N–H and O–H groups in total. The molecule has 75 heavy (non-hydrogen) atoms. The summed E-state index contributed by atoms with van der Waals surface area (Å²) in [6.45, 7) is 6.20. The van der Waals surface area contributed by atoms with Crippen LogP contribution in [-0.4, -0.2) is 250 Å². The van der Waals surface area contributed by atoms with E-state index in [0.29, 0.717) is 43.4 Å². The molecule has 24 nitrogen and oxygen atoms in total. The standard InChI is InChI=1S/C51H86O24/c1-20(19-67-45-40(63)36(59)33(56)28(15-52)69-45)7-12-51(66)21(2)32-27(75-51)14-26-24-6-5-22-13-23(8-10-49(22,3)25(24)9-11-50(26,32)4)68-48-44(38(61)35(58)30(17-54)71-48)74-47-42(65)39(62)43(31(18-55)72-47)73-46-41(64)37(60)34(57)29(16-53)70-46/h20-48,52-66H,5-19H2,1-4H3/t20-,21-,22+,23-,24+,25-,26-,27-,28+,29+,30+,31+,32-,33+,34+,35-,36-,37-,38-,39+,40+,41+,42+,43+,44+,45+,46+,47-,48+,49-,50-,51?/m0/s1. The van der Waals surface area contributed by atoms with E-state index in [-0.39, 0.29) is 47.2 Å². The lowest BCUT2D eigenvalue weighted by molar-refractivity contribution is -0.387. The highest BCUT2D eigenvalue weighted by Crippen LogP contribution is 2.71. The topological polar surface area (TPSA) is 387 Å². The SMILES string of the molecule is C[C@@H](CCC1(O)O[C@H]2C[C@H]3[C@@H]4CC[C@@H]5C[C@@H](O[C@@H]6O[C@H](CO)[C@H](O)[C@H](O)[C@H]6O[C@@H]6O[C@H](CO)[C@@H](O[C@H]7O[C@H](CO)[C@@H](O)[C@H](O)[C@H]7O)[C@H](O)[C@H]6O)CC[C@]5(C)[C@H]4CC[C@]3(C)[C@H]2[C@@H]1C)CO[C@@H]1O[C@H](CO)[C@@H](O)[C@H](O)[C@H]1O. The van der Waals surface area contributed by atoms with Crippen LogP contribution >= 0.6 is 0 Å². The van der Waals surface area contributed by atoms with Crippen molar-refractivity contribution < 1.29 is 119 Å². The van der Waals surface area contributed by atoms with Gasteiger partial charge in [0.2, 0.25) is 0 Å². The molecule has 4 saturated carbocycles. The van der Waals surface area contributed by atoms with Crippen LogP contribution in [0.5, 0.6) is 0 Å². The van der Waals surface area contributed by atoms with E-state index >= 15 is 0 Å². The summed E-state index contributed by atoms with van der Waals surface area (Å²) in [5.41, 5.74) is -0.0562. The highest BCUT2D eigenvalue weighted by Gasteiger charge is 2.68. The van der Waals surface area contributed by atoms with Crippen LogP contribution in [0.15, 0.2) is 0 Å². The minimum atomic E-state index is -1.94. The molecule has 5 saturated heterocycles. The predicted molar refractivity (Wildman–Crippen MR) is 252 cm³/mol. The van der Waals surface area contributed by atoms with Gasteiger partial charge in [0.05, 0.1) is 45.2 Å². The Hall–Kier alpha value is -0.960. The van der Waals surface area contributed by atoms with Crippen LogP contribution in [0, 0.1) is 52.3 Å². The monoisotopic (exact) mass is 1080 g/mol. The van der Waals surface area contributed by atoms with Crippen molar-refractivity contribution in [1.29, 1.82) is 0 Å². The van der Waals surface area contributed by atoms with Gasteiger partial charge in [-0.3, -0.25) is 0 Å². The number of fused-ring (bicyclic) bond motifs is 7. The molecule has 0 bridgehead atoms. The molecule has 0 amide bonds. The number of aliphatic hydroxyl groups excluding tert-OH is 14. The van der Waals surface area contributed by atoms with Crippen LogP contribution in [0.3, 0.4) is 0 Å². The first-order valence-corrected chi connectivity index (χ1v) is 27.4. The predicted octanol–water partition coefficient (Wildman–Crippen LogP) is -3.95. The third kappa shape index (κ3) is 10.7. The van der Waals surface area contributed by atoms with Crippen molar-refractivity contribution in [3.05, 3.63) is 0 Å². The molecule has 9 aliphatic rings. The second kappa shape index (κ2) is 23.1. The Balaban J connectivity index is 0.801. The summed E-state index contributed by atoms with van der Waals surface area (Å²) in [4.78, 5) is 0. The number of hydrogen-bond acceptors (Lipinski definition) is 24. The van der Waals surface area contributed by atoms with E-state index in [1.165, 1.54) is 0 Å². The summed E-state index contributed by atoms with van der Waals surface area (Å²) in [5, 5.41) is 159. The van der Waals surface area contributed by atoms with Gasteiger partial charge in [-0.15, -0.1) is 0 Å². The van der Waals surface area contributed by atoms with Gasteiger partial charge in [0, 0.05) is 12.3 Å². The highest BCUT2D eigenvalue weighted by atomic mass is 16.8. The largest absolute Gasteiger partial charge is 0.394 e. The molecule has 0 aromatic heterocycles. The lowest BCUT2D eigenvalue weighted by Gasteiger charge is -2.61. The molecule has 0 aromatic carbocycles. The summed E-state index contributed by atoms with van der Waals surface area (Å²) in [6.07, 6.45) is -24.1. The maximum Gasteiger partial charge on any atom is 0.187 e. The maximum atomic E-state index is 12.1. The lowest BCUT2D eigenvalue weighted by Crippen LogP contribution is -2.66. The van der Waals surface area contributed by atoms with Crippen molar-refractivity contribution in [2.75, 3.05) is 33.0 Å². The molecule has 24 heteroatoms. The Morgan fingerprint density at radius 1 is 0.533 bits per heavy atom. The average molecular weight is 1080 g/mol. The van der Waals surface area contributed by atoms with Gasteiger partial charge in [0.25, 0.3) is 0 Å². The Morgan fingerprint density at radius 3 is 1.68 bits per heavy atom. The number of aliphatic hydroxyl groups is 15. The zero-order chi connectivity index (χ0) is 54.2. The first kappa shape index (κ1) is 58.7. The van der Waals surface area contributed by atoms with Crippen molar-refractivity contribution in [3.63, 3.8) is 0 Å². The van der Waals surface area contributed by atoms with E-state index < -0.39 is 161 Å². The van der Waals surface area contributed by atoms with E-state index in [4.69, 9.17) is 42.6 Å². The molecule has 0 aromatic rings. The van der Waals surface area contributed by atoms with Crippen molar-refractivity contribution >= 4 is 0 Å². The van der Waals surface area contributed by atoms with Crippen LogP contribution in [0.2, 0.25) is 0 Å². The van der Waals surface area contributed by atoms with E-state index in [1.54, 1.807) is 0 Å². The molecule has 32 atom stereocenters. The minimum Gasteiger partial charge on any atom is -0.394 e. The molecule has 9 rings (SSSR count). The molecule has 0 spiro atoms. The molecule has 9 fully saturated rings.